The van der Waals surface area contributed by atoms with Gasteiger partial charge >= 0.3 is 0 Å². The van der Waals surface area contributed by atoms with E-state index in [0.717, 1.165) is 52.1 Å². The van der Waals surface area contributed by atoms with Crippen LogP contribution in [-0.2, 0) is 17.9 Å². The Balaban J connectivity index is 1.35. The van der Waals surface area contributed by atoms with Crippen LogP contribution in [0.15, 0.2) is 54.6 Å². The third kappa shape index (κ3) is 3.85. The van der Waals surface area contributed by atoms with E-state index in [9.17, 15) is 4.79 Å². The highest BCUT2D eigenvalue weighted by Crippen LogP contribution is 2.33. The second kappa shape index (κ2) is 7.69. The van der Waals surface area contributed by atoms with Crippen molar-refractivity contribution in [3.8, 4) is 0 Å². The molecular weight excluding hydrogens is 346 g/mol. The zero-order chi connectivity index (χ0) is 18.9. The molecule has 0 radical (unpaired) electrons. The first-order chi connectivity index (χ1) is 13.8. The molecule has 2 aromatic rings. The monoisotopic (exact) mass is 375 g/mol. The topological polar surface area (TPSA) is 26.8 Å². The molecule has 2 heterocycles. The van der Waals surface area contributed by atoms with Gasteiger partial charge in [-0.25, -0.2) is 0 Å². The first-order valence-electron chi connectivity index (χ1n) is 10.6. The summed E-state index contributed by atoms with van der Waals surface area (Å²) in [6, 6.07) is 20.0. The van der Waals surface area contributed by atoms with Crippen molar-refractivity contribution in [1.82, 2.24) is 9.80 Å². The van der Waals surface area contributed by atoms with Crippen molar-refractivity contribution in [3.63, 3.8) is 0 Å². The molecule has 0 spiro atoms. The number of anilines is 1. The van der Waals surface area contributed by atoms with Gasteiger partial charge in [0.1, 0.15) is 5.78 Å². The van der Waals surface area contributed by atoms with Gasteiger partial charge in [-0.1, -0.05) is 48.5 Å². The van der Waals surface area contributed by atoms with Gasteiger partial charge in [0.15, 0.2) is 0 Å². The number of rotatable bonds is 5. The molecule has 2 fully saturated rings. The van der Waals surface area contributed by atoms with E-state index in [0.29, 0.717) is 24.3 Å². The lowest BCUT2D eigenvalue weighted by molar-refractivity contribution is -0.121. The summed E-state index contributed by atoms with van der Waals surface area (Å²) in [6.07, 6.45) is 2.20. The fraction of sp³-hybridized carbons (Fsp3) is 0.458. The van der Waals surface area contributed by atoms with Crippen LogP contribution in [0.25, 0.3) is 0 Å². The number of ketones is 1. The molecule has 1 saturated carbocycles. The van der Waals surface area contributed by atoms with Gasteiger partial charge in [0.25, 0.3) is 0 Å². The average molecular weight is 376 g/mol. The van der Waals surface area contributed by atoms with E-state index in [-0.39, 0.29) is 0 Å². The van der Waals surface area contributed by atoms with Gasteiger partial charge in [-0.2, -0.15) is 0 Å². The molecule has 0 amide bonds. The molecule has 146 valence electrons. The van der Waals surface area contributed by atoms with E-state index >= 15 is 0 Å². The lowest BCUT2D eigenvalue weighted by atomic mass is 10.1. The Morgan fingerprint density at radius 3 is 2.46 bits per heavy atom. The number of para-hydroxylation sites is 1. The maximum Gasteiger partial charge on any atom is 0.149 e. The Labute approximate surface area is 167 Å². The first-order valence-corrected chi connectivity index (χ1v) is 10.6. The highest BCUT2D eigenvalue weighted by Gasteiger charge is 2.35. The highest BCUT2D eigenvalue weighted by atomic mass is 16.1. The maximum atomic E-state index is 12.5. The largest absolute Gasteiger partial charge is 0.364 e. The summed E-state index contributed by atoms with van der Waals surface area (Å²) in [7, 11) is 0. The lowest BCUT2D eigenvalue weighted by Crippen LogP contribution is -2.56. The SMILES string of the molecule is O=C(CN1Cc2ccccc2N2CCN(Cc3ccccc3)CC2C1)C1CC1. The van der Waals surface area contributed by atoms with Crippen LogP contribution in [0.2, 0.25) is 0 Å². The van der Waals surface area contributed by atoms with Crippen LogP contribution < -0.4 is 4.90 Å². The molecule has 1 atom stereocenters. The third-order valence-electron chi connectivity index (χ3n) is 6.39. The van der Waals surface area contributed by atoms with E-state index in [2.05, 4.69) is 69.3 Å². The molecule has 28 heavy (non-hydrogen) atoms. The van der Waals surface area contributed by atoms with Crippen molar-refractivity contribution >= 4 is 11.5 Å². The molecule has 1 aliphatic carbocycles. The van der Waals surface area contributed by atoms with Gasteiger partial charge in [0.05, 0.1) is 12.6 Å². The van der Waals surface area contributed by atoms with Crippen LogP contribution in [-0.4, -0.2) is 54.3 Å². The number of fused-ring (bicyclic) bond motifs is 3. The average Bonchev–Trinajstić information content (AvgIpc) is 3.55. The molecule has 1 saturated heterocycles. The zero-order valence-corrected chi connectivity index (χ0v) is 16.5. The number of Topliss-reactive ketones (excluding diaryl/α,β-unsaturated/α-hetero) is 1. The van der Waals surface area contributed by atoms with Gasteiger partial charge in [-0.15, -0.1) is 0 Å². The van der Waals surface area contributed by atoms with E-state index in [1.54, 1.807) is 0 Å². The maximum absolute atomic E-state index is 12.5. The van der Waals surface area contributed by atoms with Gasteiger partial charge in [-0.05, 0) is 30.0 Å². The molecule has 0 aromatic heterocycles. The molecule has 5 rings (SSSR count). The quantitative estimate of drug-likeness (QED) is 0.802. The molecule has 0 N–H and O–H groups in total. The molecule has 3 aliphatic rings. The summed E-state index contributed by atoms with van der Waals surface area (Å²) < 4.78 is 0. The Kier molecular flexibility index (Phi) is 4.91. The number of carbonyl (C=O) groups is 1. The van der Waals surface area contributed by atoms with E-state index in [1.165, 1.54) is 16.8 Å². The van der Waals surface area contributed by atoms with Crippen LogP contribution in [0.4, 0.5) is 5.69 Å². The molecule has 1 unspecified atom stereocenters. The summed E-state index contributed by atoms with van der Waals surface area (Å²) in [5.74, 6) is 0.790. The van der Waals surface area contributed by atoms with Gasteiger partial charge in [0.2, 0.25) is 0 Å². The molecular formula is C24H29N3O. The Hall–Kier alpha value is -2.17. The standard InChI is InChI=1S/C24H29N3O/c28-24(20-10-11-20)18-26-15-21-8-4-5-9-23(21)27-13-12-25(16-22(27)17-26)14-19-6-2-1-3-7-19/h1-9,20,22H,10-18H2. The normalized spacial score (nSPS) is 23.0. The summed E-state index contributed by atoms with van der Waals surface area (Å²) >= 11 is 0. The minimum atomic E-state index is 0.343. The first kappa shape index (κ1) is 17.9. The number of hydrogen-bond donors (Lipinski definition) is 0. The second-order valence-electron chi connectivity index (χ2n) is 8.61. The van der Waals surface area contributed by atoms with Gasteiger partial charge in [-0.3, -0.25) is 14.6 Å². The molecule has 4 heteroatoms. The number of hydrogen-bond acceptors (Lipinski definition) is 4. The Bertz CT molecular complexity index is 833. The molecule has 4 nitrogen and oxygen atoms in total. The van der Waals surface area contributed by atoms with Crippen molar-refractivity contribution in [2.75, 3.05) is 37.6 Å². The molecule has 2 aromatic carbocycles. The molecule has 0 bridgehead atoms. The summed E-state index contributed by atoms with van der Waals surface area (Å²) in [4.78, 5) is 20.1. The van der Waals surface area contributed by atoms with Crippen LogP contribution in [0.5, 0.6) is 0 Å². The van der Waals surface area contributed by atoms with E-state index in [4.69, 9.17) is 0 Å². The summed E-state index contributed by atoms with van der Waals surface area (Å²) in [5.41, 5.74) is 4.11. The van der Waals surface area contributed by atoms with Crippen molar-refractivity contribution in [3.05, 3.63) is 65.7 Å². The van der Waals surface area contributed by atoms with Crippen LogP contribution in [0.3, 0.4) is 0 Å². The predicted molar refractivity (Wildman–Crippen MR) is 112 cm³/mol. The van der Waals surface area contributed by atoms with Crippen LogP contribution >= 0.6 is 0 Å². The molecule has 2 aliphatic heterocycles. The number of carbonyl (C=O) groups excluding carboxylic acids is 1. The number of nitrogens with zero attached hydrogens (tertiary/aromatic N) is 3. The van der Waals surface area contributed by atoms with Gasteiger partial charge < -0.3 is 4.90 Å². The summed E-state index contributed by atoms with van der Waals surface area (Å²) in [5, 5.41) is 0. The number of piperazine rings is 1. The van der Waals surface area contributed by atoms with E-state index in [1.807, 2.05) is 0 Å². The highest BCUT2D eigenvalue weighted by molar-refractivity contribution is 5.85. The fourth-order valence-corrected chi connectivity index (χ4v) is 4.78. The second-order valence-corrected chi connectivity index (χ2v) is 8.61. The predicted octanol–water partition coefficient (Wildman–Crippen LogP) is 3.17. The smallest absolute Gasteiger partial charge is 0.149 e. The summed E-state index contributed by atoms with van der Waals surface area (Å²) in [6.45, 7) is 6.67. The lowest BCUT2D eigenvalue weighted by Gasteiger charge is -2.43. The van der Waals surface area contributed by atoms with Crippen molar-refractivity contribution < 1.29 is 4.79 Å². The van der Waals surface area contributed by atoms with Crippen molar-refractivity contribution in [2.45, 2.75) is 32.0 Å². The fourth-order valence-electron chi connectivity index (χ4n) is 4.78. The Morgan fingerprint density at radius 1 is 0.893 bits per heavy atom. The van der Waals surface area contributed by atoms with Gasteiger partial charge in [0, 0.05) is 50.9 Å². The van der Waals surface area contributed by atoms with E-state index < -0.39 is 0 Å². The third-order valence-corrected chi connectivity index (χ3v) is 6.39. The minimum absolute atomic E-state index is 0.343. The van der Waals surface area contributed by atoms with Crippen molar-refractivity contribution in [1.29, 1.82) is 0 Å². The van der Waals surface area contributed by atoms with Crippen LogP contribution in [0.1, 0.15) is 24.0 Å². The van der Waals surface area contributed by atoms with Crippen LogP contribution in [0, 0.1) is 5.92 Å². The zero-order valence-electron chi connectivity index (χ0n) is 16.5. The minimum Gasteiger partial charge on any atom is -0.364 e. The van der Waals surface area contributed by atoms with Crippen molar-refractivity contribution in [2.24, 2.45) is 5.92 Å². The Morgan fingerprint density at radius 2 is 1.64 bits per heavy atom. The number of benzene rings is 2.